The normalized spacial score (nSPS) is 18.0. The van der Waals surface area contributed by atoms with E-state index in [0.29, 0.717) is 6.54 Å². The van der Waals surface area contributed by atoms with Gasteiger partial charge in [-0.3, -0.25) is 9.59 Å². The number of aliphatic carboxylic acids is 1. The molecule has 5 rings (SSSR count). The number of anilines is 1. The van der Waals surface area contributed by atoms with E-state index in [1.54, 1.807) is 0 Å². The molecule has 3 aromatic rings. The molecule has 4 heterocycles. The van der Waals surface area contributed by atoms with Crippen LogP contribution in [-0.4, -0.2) is 62.8 Å². The van der Waals surface area contributed by atoms with E-state index in [1.165, 1.54) is 5.56 Å². The number of nitrogens with one attached hydrogen (secondary N) is 2. The van der Waals surface area contributed by atoms with Crippen LogP contribution >= 0.6 is 0 Å². The van der Waals surface area contributed by atoms with Gasteiger partial charge in [-0.15, -0.1) is 0 Å². The number of aryl methyl sites for hydroxylation is 4. The molecule has 2 atom stereocenters. The van der Waals surface area contributed by atoms with E-state index in [0.717, 1.165) is 92.3 Å². The second-order valence-corrected chi connectivity index (χ2v) is 11.2. The van der Waals surface area contributed by atoms with E-state index in [-0.39, 0.29) is 18.2 Å². The lowest BCUT2D eigenvalue weighted by Gasteiger charge is -2.33. The van der Waals surface area contributed by atoms with E-state index in [1.807, 2.05) is 48.9 Å². The quantitative estimate of drug-likeness (QED) is 0.350. The summed E-state index contributed by atoms with van der Waals surface area (Å²) in [5, 5.41) is 20.6. The first-order chi connectivity index (χ1) is 19.4. The number of carboxylic acid groups (broad SMARTS) is 1. The molecule has 212 valence electrons. The Bertz CT molecular complexity index is 1350. The molecule has 9 heteroatoms. The van der Waals surface area contributed by atoms with Crippen molar-refractivity contribution >= 4 is 17.7 Å². The van der Waals surface area contributed by atoms with Gasteiger partial charge >= 0.3 is 5.97 Å². The SMILES string of the molecule is Cc1cc(C)n(-c2cccc([C@H](CC(=O)O)NC(=O)[C@@H]3CCCN(CCCc4ccc5c(n4)NCCC5)C3)c2)n1. The highest BCUT2D eigenvalue weighted by Gasteiger charge is 2.28. The summed E-state index contributed by atoms with van der Waals surface area (Å²) in [6.45, 7) is 7.50. The summed E-state index contributed by atoms with van der Waals surface area (Å²) in [4.78, 5) is 32.3. The lowest BCUT2D eigenvalue weighted by molar-refractivity contribution is -0.138. The molecular formula is C31H40N6O3. The zero-order valence-corrected chi connectivity index (χ0v) is 23.5. The predicted molar refractivity (Wildman–Crippen MR) is 155 cm³/mol. The van der Waals surface area contributed by atoms with Gasteiger partial charge in [-0.05, 0) is 101 Å². The van der Waals surface area contributed by atoms with Gasteiger partial charge in [-0.2, -0.15) is 5.10 Å². The van der Waals surface area contributed by atoms with Gasteiger partial charge in [0.1, 0.15) is 5.82 Å². The summed E-state index contributed by atoms with van der Waals surface area (Å²) >= 11 is 0. The maximum absolute atomic E-state index is 13.4. The molecule has 2 aliphatic heterocycles. The number of amides is 1. The molecule has 0 unspecified atom stereocenters. The van der Waals surface area contributed by atoms with E-state index in [4.69, 9.17) is 4.98 Å². The summed E-state index contributed by atoms with van der Waals surface area (Å²) < 4.78 is 1.84. The molecule has 1 amide bonds. The molecule has 1 fully saturated rings. The van der Waals surface area contributed by atoms with Crippen molar-refractivity contribution in [3.8, 4) is 5.69 Å². The van der Waals surface area contributed by atoms with Crippen LogP contribution in [0.25, 0.3) is 5.69 Å². The van der Waals surface area contributed by atoms with Crippen LogP contribution < -0.4 is 10.6 Å². The molecule has 40 heavy (non-hydrogen) atoms. The fourth-order valence-corrected chi connectivity index (χ4v) is 5.94. The summed E-state index contributed by atoms with van der Waals surface area (Å²) in [7, 11) is 0. The van der Waals surface area contributed by atoms with Gasteiger partial charge in [0.2, 0.25) is 5.91 Å². The molecule has 2 aliphatic rings. The van der Waals surface area contributed by atoms with Crippen molar-refractivity contribution in [3.05, 3.63) is 70.7 Å². The maximum Gasteiger partial charge on any atom is 0.305 e. The number of carboxylic acids is 1. The Hall–Kier alpha value is -3.72. The molecule has 0 aliphatic carbocycles. The van der Waals surface area contributed by atoms with Crippen molar-refractivity contribution < 1.29 is 14.7 Å². The van der Waals surface area contributed by atoms with Crippen LogP contribution in [0.2, 0.25) is 0 Å². The standard InChI is InChI=1S/C31H40N6O3/c1-21-17-22(2)37(35-21)27-11-3-7-24(18-27)28(19-29(38)39)34-31(40)25-9-5-15-36(20-25)16-6-10-26-13-12-23-8-4-14-32-30(23)33-26/h3,7,11-13,17-18,25,28H,4-6,8-10,14-16,19-20H2,1-2H3,(H,32,33)(H,34,40)(H,38,39)/t25-,28+/m1/s1. The largest absolute Gasteiger partial charge is 0.481 e. The summed E-state index contributed by atoms with van der Waals surface area (Å²) in [5.74, 6) is -0.141. The minimum absolute atomic E-state index is 0.0742. The van der Waals surface area contributed by atoms with Gasteiger partial charge in [0.15, 0.2) is 0 Å². The molecule has 3 N–H and O–H groups in total. The Morgan fingerprint density at radius 2 is 2.05 bits per heavy atom. The van der Waals surface area contributed by atoms with Crippen molar-refractivity contribution in [2.24, 2.45) is 5.92 Å². The molecule has 1 saturated heterocycles. The lowest BCUT2D eigenvalue weighted by Crippen LogP contribution is -2.44. The third-order valence-electron chi connectivity index (χ3n) is 7.96. The van der Waals surface area contributed by atoms with Crippen molar-refractivity contribution in [2.45, 2.75) is 64.8 Å². The number of piperidine rings is 1. The molecule has 0 spiro atoms. The van der Waals surface area contributed by atoms with E-state index >= 15 is 0 Å². The smallest absolute Gasteiger partial charge is 0.305 e. The third kappa shape index (κ3) is 6.88. The number of likely N-dealkylation sites (tertiary alicyclic amines) is 1. The highest BCUT2D eigenvalue weighted by molar-refractivity contribution is 5.80. The second-order valence-electron chi connectivity index (χ2n) is 11.2. The van der Waals surface area contributed by atoms with Gasteiger partial charge in [0.25, 0.3) is 0 Å². The van der Waals surface area contributed by atoms with Gasteiger partial charge in [0.05, 0.1) is 29.8 Å². The van der Waals surface area contributed by atoms with Crippen LogP contribution in [0.5, 0.6) is 0 Å². The first-order valence-corrected chi connectivity index (χ1v) is 14.5. The first-order valence-electron chi connectivity index (χ1n) is 14.5. The summed E-state index contributed by atoms with van der Waals surface area (Å²) in [5.41, 5.74) is 5.94. The Morgan fingerprint density at radius 1 is 1.18 bits per heavy atom. The number of hydrogen-bond donors (Lipinski definition) is 3. The van der Waals surface area contributed by atoms with Crippen molar-refractivity contribution in [1.29, 1.82) is 0 Å². The first kappa shape index (κ1) is 27.8. The highest BCUT2D eigenvalue weighted by Crippen LogP contribution is 2.24. The number of hydrogen-bond acceptors (Lipinski definition) is 6. The Labute approximate surface area is 236 Å². The van der Waals surface area contributed by atoms with Gasteiger partial charge in [-0.25, -0.2) is 9.67 Å². The molecule has 0 radical (unpaired) electrons. The number of benzene rings is 1. The van der Waals surface area contributed by atoms with Crippen LogP contribution in [-0.2, 0) is 22.4 Å². The van der Waals surface area contributed by atoms with Crippen LogP contribution in [0.4, 0.5) is 5.82 Å². The Morgan fingerprint density at radius 3 is 2.85 bits per heavy atom. The minimum atomic E-state index is -0.946. The van der Waals surface area contributed by atoms with Crippen LogP contribution in [0.3, 0.4) is 0 Å². The minimum Gasteiger partial charge on any atom is -0.481 e. The van der Waals surface area contributed by atoms with Crippen LogP contribution in [0.15, 0.2) is 42.5 Å². The molecule has 1 aromatic carbocycles. The number of carbonyl (C=O) groups excluding carboxylic acids is 1. The van der Waals surface area contributed by atoms with Crippen LogP contribution in [0.1, 0.15) is 66.4 Å². The zero-order chi connectivity index (χ0) is 28.1. The number of carbonyl (C=O) groups is 2. The average Bonchev–Trinajstić information content (AvgIpc) is 3.30. The summed E-state index contributed by atoms with van der Waals surface area (Å²) in [6.07, 6.45) is 5.74. The lowest BCUT2D eigenvalue weighted by atomic mass is 9.95. The van der Waals surface area contributed by atoms with Gasteiger partial charge < -0.3 is 20.6 Å². The van der Waals surface area contributed by atoms with E-state index in [2.05, 4.69) is 32.8 Å². The van der Waals surface area contributed by atoms with Gasteiger partial charge in [0, 0.05) is 24.5 Å². The summed E-state index contributed by atoms with van der Waals surface area (Å²) in [6, 6.07) is 13.4. The van der Waals surface area contributed by atoms with E-state index in [9.17, 15) is 14.7 Å². The number of fused-ring (bicyclic) bond motifs is 1. The van der Waals surface area contributed by atoms with Gasteiger partial charge in [-0.1, -0.05) is 18.2 Å². The molecule has 9 nitrogen and oxygen atoms in total. The van der Waals surface area contributed by atoms with Crippen molar-refractivity contribution in [3.63, 3.8) is 0 Å². The van der Waals surface area contributed by atoms with Crippen molar-refractivity contribution in [2.75, 3.05) is 31.5 Å². The zero-order valence-electron chi connectivity index (χ0n) is 23.5. The number of pyridine rings is 1. The third-order valence-corrected chi connectivity index (χ3v) is 7.96. The second kappa shape index (κ2) is 12.6. The molecule has 0 bridgehead atoms. The molecular weight excluding hydrogens is 504 g/mol. The fraction of sp³-hybridized carbons (Fsp3) is 0.484. The molecule has 2 aromatic heterocycles. The maximum atomic E-state index is 13.4. The number of aromatic nitrogens is 3. The average molecular weight is 545 g/mol. The monoisotopic (exact) mass is 544 g/mol. The number of nitrogens with zero attached hydrogens (tertiary/aromatic N) is 4. The Balaban J connectivity index is 1.18. The molecule has 0 saturated carbocycles. The van der Waals surface area contributed by atoms with Crippen molar-refractivity contribution in [1.82, 2.24) is 25.0 Å². The van der Waals surface area contributed by atoms with Crippen LogP contribution in [0, 0.1) is 19.8 Å². The highest BCUT2D eigenvalue weighted by atomic mass is 16.4. The Kier molecular flexibility index (Phi) is 8.79. The topological polar surface area (TPSA) is 112 Å². The fourth-order valence-electron chi connectivity index (χ4n) is 5.94. The number of rotatable bonds is 10. The van der Waals surface area contributed by atoms with E-state index < -0.39 is 12.0 Å². The predicted octanol–water partition coefficient (Wildman–Crippen LogP) is 4.22.